The fourth-order valence-corrected chi connectivity index (χ4v) is 3.05. The Hall–Kier alpha value is -1.14. The summed E-state index contributed by atoms with van der Waals surface area (Å²) in [5, 5.41) is 0. The molecule has 0 N–H and O–H groups in total. The van der Waals surface area contributed by atoms with E-state index in [1.54, 1.807) is 0 Å². The van der Waals surface area contributed by atoms with Crippen LogP contribution in [0, 0.1) is 11.2 Å². The van der Waals surface area contributed by atoms with Crippen molar-refractivity contribution >= 4 is 25.6 Å². The fourth-order valence-electron chi connectivity index (χ4n) is 2.28. The molecule has 0 spiro atoms. The van der Waals surface area contributed by atoms with Crippen LogP contribution >= 0.6 is 10.7 Å². The third-order valence-corrected chi connectivity index (χ3v) is 4.77. The molecule has 0 aliphatic carbocycles. The second-order valence-electron chi connectivity index (χ2n) is 5.72. The van der Waals surface area contributed by atoms with Crippen molar-refractivity contribution in [3.8, 4) is 0 Å². The van der Waals surface area contributed by atoms with Crippen molar-refractivity contribution in [2.45, 2.75) is 25.2 Å². The van der Waals surface area contributed by atoms with Gasteiger partial charge in [0.05, 0.1) is 10.5 Å². The summed E-state index contributed by atoms with van der Waals surface area (Å²) in [6.45, 7) is 5.10. The molecule has 20 heavy (non-hydrogen) atoms. The van der Waals surface area contributed by atoms with Crippen LogP contribution in [0.1, 0.15) is 30.6 Å². The van der Waals surface area contributed by atoms with Gasteiger partial charge < -0.3 is 4.90 Å². The monoisotopic (exact) mass is 319 g/mol. The van der Waals surface area contributed by atoms with Crippen LogP contribution in [0.15, 0.2) is 23.1 Å². The first kappa shape index (κ1) is 15.3. The molecule has 1 aromatic carbocycles. The van der Waals surface area contributed by atoms with Crippen LogP contribution < -0.4 is 0 Å². The Bertz CT molecular complexity index is 658. The van der Waals surface area contributed by atoms with Crippen molar-refractivity contribution < 1.29 is 17.6 Å². The number of carbonyl (C=O) groups is 1. The standard InChI is InChI=1S/C13H15ClFNO3S/c1-13(2)5-6-16(8-13)12(17)10-7-9(20(14,18)19)3-4-11(10)15/h3-4,7H,5-6,8H2,1-2H3. The first-order valence-corrected chi connectivity index (χ1v) is 8.45. The van der Waals surface area contributed by atoms with Gasteiger partial charge in [-0.05, 0) is 30.0 Å². The molecular formula is C13H15ClFNO3S. The Morgan fingerprint density at radius 2 is 2.05 bits per heavy atom. The molecule has 1 amide bonds. The van der Waals surface area contributed by atoms with Crippen LogP contribution in [0.4, 0.5) is 4.39 Å². The predicted octanol–water partition coefficient (Wildman–Crippen LogP) is 2.63. The first-order chi connectivity index (χ1) is 9.10. The molecule has 1 aliphatic heterocycles. The number of hydrogen-bond acceptors (Lipinski definition) is 3. The largest absolute Gasteiger partial charge is 0.338 e. The van der Waals surface area contributed by atoms with E-state index in [1.807, 2.05) is 13.8 Å². The van der Waals surface area contributed by atoms with Gasteiger partial charge in [-0.25, -0.2) is 12.8 Å². The molecular weight excluding hydrogens is 305 g/mol. The highest BCUT2D eigenvalue weighted by molar-refractivity contribution is 8.13. The minimum Gasteiger partial charge on any atom is -0.338 e. The fraction of sp³-hybridized carbons (Fsp3) is 0.462. The van der Waals surface area contributed by atoms with Crippen molar-refractivity contribution in [2.24, 2.45) is 5.41 Å². The number of amides is 1. The van der Waals surface area contributed by atoms with Crippen LogP contribution in [0.2, 0.25) is 0 Å². The van der Waals surface area contributed by atoms with E-state index in [0.717, 1.165) is 24.6 Å². The van der Waals surface area contributed by atoms with Gasteiger partial charge in [-0.2, -0.15) is 0 Å². The Morgan fingerprint density at radius 3 is 2.55 bits per heavy atom. The molecule has 0 aromatic heterocycles. The van der Waals surface area contributed by atoms with Crippen LogP contribution in [0.5, 0.6) is 0 Å². The summed E-state index contributed by atoms with van der Waals surface area (Å²) < 4.78 is 36.3. The lowest BCUT2D eigenvalue weighted by Gasteiger charge is -2.20. The van der Waals surface area contributed by atoms with Gasteiger partial charge in [0.15, 0.2) is 0 Å². The van der Waals surface area contributed by atoms with Gasteiger partial charge in [-0.1, -0.05) is 13.8 Å². The number of likely N-dealkylation sites (tertiary alicyclic amines) is 1. The zero-order chi connectivity index (χ0) is 15.1. The Kier molecular flexibility index (Phi) is 3.81. The molecule has 1 heterocycles. The van der Waals surface area contributed by atoms with E-state index >= 15 is 0 Å². The summed E-state index contributed by atoms with van der Waals surface area (Å²) >= 11 is 0. The second-order valence-corrected chi connectivity index (χ2v) is 8.29. The zero-order valence-corrected chi connectivity index (χ0v) is 12.8. The Balaban J connectivity index is 2.35. The minimum absolute atomic E-state index is 0.0116. The van der Waals surface area contributed by atoms with Crippen LogP contribution in [-0.4, -0.2) is 32.3 Å². The molecule has 1 aliphatic rings. The molecule has 0 saturated carbocycles. The first-order valence-electron chi connectivity index (χ1n) is 6.14. The van der Waals surface area contributed by atoms with Crippen LogP contribution in [0.3, 0.4) is 0 Å². The lowest BCUT2D eigenvalue weighted by molar-refractivity contribution is 0.0773. The van der Waals surface area contributed by atoms with Gasteiger partial charge in [-0.3, -0.25) is 4.79 Å². The number of carbonyl (C=O) groups excluding carboxylic acids is 1. The lowest BCUT2D eigenvalue weighted by Crippen LogP contribution is -2.31. The van der Waals surface area contributed by atoms with E-state index in [-0.39, 0.29) is 15.9 Å². The van der Waals surface area contributed by atoms with Gasteiger partial charge in [-0.15, -0.1) is 0 Å². The van der Waals surface area contributed by atoms with E-state index < -0.39 is 20.8 Å². The summed E-state index contributed by atoms with van der Waals surface area (Å²) in [7, 11) is 1.23. The number of benzene rings is 1. The molecule has 2 rings (SSSR count). The van der Waals surface area contributed by atoms with E-state index in [0.29, 0.717) is 13.1 Å². The molecule has 110 valence electrons. The van der Waals surface area contributed by atoms with Crippen LogP contribution in [0.25, 0.3) is 0 Å². The normalized spacial score (nSPS) is 18.3. The molecule has 0 bridgehead atoms. The number of rotatable bonds is 2. The molecule has 0 atom stereocenters. The number of halogens is 2. The summed E-state index contributed by atoms with van der Waals surface area (Å²) in [5.41, 5.74) is -0.271. The smallest absolute Gasteiger partial charge is 0.261 e. The average molecular weight is 320 g/mol. The van der Waals surface area contributed by atoms with E-state index in [1.165, 1.54) is 4.90 Å². The van der Waals surface area contributed by atoms with E-state index in [9.17, 15) is 17.6 Å². The second kappa shape index (κ2) is 5.00. The minimum atomic E-state index is -3.99. The SMILES string of the molecule is CC1(C)CCN(C(=O)c2cc(S(=O)(=O)Cl)ccc2F)C1. The number of hydrogen-bond donors (Lipinski definition) is 0. The third kappa shape index (κ3) is 3.12. The van der Waals surface area contributed by atoms with Crippen molar-refractivity contribution in [3.63, 3.8) is 0 Å². The average Bonchev–Trinajstić information content (AvgIpc) is 2.68. The van der Waals surface area contributed by atoms with Gasteiger partial charge >= 0.3 is 0 Å². The summed E-state index contributed by atoms with van der Waals surface area (Å²) in [5.74, 6) is -1.25. The summed E-state index contributed by atoms with van der Waals surface area (Å²) in [4.78, 5) is 13.5. The van der Waals surface area contributed by atoms with Crippen molar-refractivity contribution in [1.29, 1.82) is 0 Å². The molecule has 0 unspecified atom stereocenters. The maximum atomic E-state index is 13.8. The lowest BCUT2D eigenvalue weighted by atomic mass is 9.93. The molecule has 0 radical (unpaired) electrons. The van der Waals surface area contributed by atoms with Crippen molar-refractivity contribution in [3.05, 3.63) is 29.6 Å². The zero-order valence-electron chi connectivity index (χ0n) is 11.2. The molecule has 1 aromatic rings. The summed E-state index contributed by atoms with van der Waals surface area (Å²) in [6.07, 6.45) is 0.827. The van der Waals surface area contributed by atoms with Gasteiger partial charge in [0.25, 0.3) is 15.0 Å². The highest BCUT2D eigenvalue weighted by atomic mass is 35.7. The van der Waals surface area contributed by atoms with Crippen molar-refractivity contribution in [2.75, 3.05) is 13.1 Å². The van der Waals surface area contributed by atoms with E-state index in [2.05, 4.69) is 0 Å². The number of nitrogens with zero attached hydrogens (tertiary/aromatic N) is 1. The maximum Gasteiger partial charge on any atom is 0.261 e. The maximum absolute atomic E-state index is 13.8. The van der Waals surface area contributed by atoms with Crippen molar-refractivity contribution in [1.82, 2.24) is 4.90 Å². The molecule has 7 heteroatoms. The Labute approximate surface area is 121 Å². The summed E-state index contributed by atoms with van der Waals surface area (Å²) in [6, 6.07) is 2.98. The molecule has 1 fully saturated rings. The highest BCUT2D eigenvalue weighted by Gasteiger charge is 2.33. The molecule has 4 nitrogen and oxygen atoms in total. The highest BCUT2D eigenvalue weighted by Crippen LogP contribution is 2.30. The van der Waals surface area contributed by atoms with Gasteiger partial charge in [0, 0.05) is 23.8 Å². The van der Waals surface area contributed by atoms with Crippen LogP contribution in [-0.2, 0) is 9.05 Å². The van der Waals surface area contributed by atoms with Gasteiger partial charge in [0.2, 0.25) is 0 Å². The quantitative estimate of drug-likeness (QED) is 0.787. The Morgan fingerprint density at radius 1 is 1.40 bits per heavy atom. The molecule has 1 saturated heterocycles. The van der Waals surface area contributed by atoms with E-state index in [4.69, 9.17) is 10.7 Å². The van der Waals surface area contributed by atoms with Gasteiger partial charge in [0.1, 0.15) is 5.82 Å². The third-order valence-electron chi connectivity index (χ3n) is 3.41. The predicted molar refractivity (Wildman–Crippen MR) is 73.7 cm³/mol. The topological polar surface area (TPSA) is 54.5 Å².